The molecule has 0 saturated heterocycles. The number of halogens is 1. The van der Waals surface area contributed by atoms with E-state index in [9.17, 15) is 0 Å². The second kappa shape index (κ2) is 7.85. The Balaban J connectivity index is 1.52. The van der Waals surface area contributed by atoms with Crippen LogP contribution in [0.2, 0.25) is 5.02 Å². The van der Waals surface area contributed by atoms with Gasteiger partial charge in [0.1, 0.15) is 5.75 Å². The fourth-order valence-corrected chi connectivity index (χ4v) is 3.72. The highest BCUT2D eigenvalue weighted by atomic mass is 35.5. The van der Waals surface area contributed by atoms with Gasteiger partial charge in [-0.25, -0.2) is 4.98 Å². The minimum Gasteiger partial charge on any atom is -0.493 e. The topological polar surface area (TPSA) is 27.1 Å². The van der Waals surface area contributed by atoms with Crippen molar-refractivity contribution in [2.45, 2.75) is 5.16 Å². The van der Waals surface area contributed by atoms with Gasteiger partial charge >= 0.3 is 0 Å². The van der Waals surface area contributed by atoms with Crippen LogP contribution in [0.15, 0.2) is 84.0 Å². The van der Waals surface area contributed by atoms with Gasteiger partial charge in [0.25, 0.3) is 0 Å². The molecule has 0 atom stereocenters. The van der Waals surface area contributed by atoms with Crippen LogP contribution in [0.4, 0.5) is 0 Å². The molecule has 0 radical (unpaired) electrons. The maximum atomic E-state index is 5.90. The summed E-state index contributed by atoms with van der Waals surface area (Å²) in [5, 5.41) is 1.68. The summed E-state index contributed by atoms with van der Waals surface area (Å²) in [5.41, 5.74) is 3.22. The van der Waals surface area contributed by atoms with E-state index in [1.54, 1.807) is 11.8 Å². The largest absolute Gasteiger partial charge is 0.493 e. The molecule has 3 nitrogen and oxygen atoms in total. The van der Waals surface area contributed by atoms with Gasteiger partial charge in [-0.15, -0.1) is 0 Å². The van der Waals surface area contributed by atoms with Crippen LogP contribution in [0, 0.1) is 0 Å². The third-order valence-corrected chi connectivity index (χ3v) is 5.10. The highest BCUT2D eigenvalue weighted by Gasteiger charge is 2.12. The van der Waals surface area contributed by atoms with E-state index in [2.05, 4.69) is 22.8 Å². The van der Waals surface area contributed by atoms with Crippen LogP contribution in [0.3, 0.4) is 0 Å². The lowest BCUT2D eigenvalue weighted by Crippen LogP contribution is -2.02. The van der Waals surface area contributed by atoms with Crippen LogP contribution in [-0.2, 0) is 0 Å². The molecule has 130 valence electrons. The zero-order valence-electron chi connectivity index (χ0n) is 14.0. The number of thioether (sulfide) groups is 1. The fraction of sp³-hybridized carbons (Fsp3) is 0.0952. The van der Waals surface area contributed by atoms with Gasteiger partial charge in [0.2, 0.25) is 0 Å². The first-order chi connectivity index (χ1) is 12.8. The molecule has 0 N–H and O–H groups in total. The van der Waals surface area contributed by atoms with E-state index in [0.29, 0.717) is 11.6 Å². The molecular formula is C21H17ClN2OS. The summed E-state index contributed by atoms with van der Waals surface area (Å²) < 4.78 is 7.98. The minimum absolute atomic E-state index is 0.601. The van der Waals surface area contributed by atoms with Gasteiger partial charge in [0, 0.05) is 16.5 Å². The van der Waals surface area contributed by atoms with Crippen LogP contribution in [0.1, 0.15) is 0 Å². The molecule has 0 unspecified atom stereocenters. The van der Waals surface area contributed by atoms with Crippen molar-refractivity contribution in [3.63, 3.8) is 0 Å². The quantitative estimate of drug-likeness (QED) is 0.310. The zero-order chi connectivity index (χ0) is 17.8. The Bertz CT molecular complexity index is 1000. The Morgan fingerprint density at radius 3 is 2.42 bits per heavy atom. The highest BCUT2D eigenvalue weighted by molar-refractivity contribution is 7.99. The minimum atomic E-state index is 0.601. The fourth-order valence-electron chi connectivity index (χ4n) is 2.75. The van der Waals surface area contributed by atoms with Crippen molar-refractivity contribution in [1.82, 2.24) is 9.55 Å². The lowest BCUT2D eigenvalue weighted by atomic mass is 10.3. The van der Waals surface area contributed by atoms with Crippen molar-refractivity contribution >= 4 is 34.4 Å². The Hall–Kier alpha value is -2.43. The molecule has 0 aliphatic rings. The monoisotopic (exact) mass is 380 g/mol. The van der Waals surface area contributed by atoms with Gasteiger partial charge in [0.05, 0.1) is 17.6 Å². The predicted octanol–water partition coefficient (Wildman–Crippen LogP) is 5.85. The van der Waals surface area contributed by atoms with Crippen molar-refractivity contribution in [3.8, 4) is 11.4 Å². The Morgan fingerprint density at radius 2 is 1.62 bits per heavy atom. The van der Waals surface area contributed by atoms with Crippen molar-refractivity contribution in [1.29, 1.82) is 0 Å². The van der Waals surface area contributed by atoms with Crippen LogP contribution in [0.5, 0.6) is 5.75 Å². The summed E-state index contributed by atoms with van der Waals surface area (Å²) in [7, 11) is 0. The van der Waals surface area contributed by atoms with Crippen LogP contribution in [0.25, 0.3) is 16.7 Å². The highest BCUT2D eigenvalue weighted by Crippen LogP contribution is 2.28. The second-order valence-corrected chi connectivity index (χ2v) is 7.20. The molecule has 1 heterocycles. The van der Waals surface area contributed by atoms with Crippen molar-refractivity contribution in [2.24, 2.45) is 0 Å². The van der Waals surface area contributed by atoms with Crippen molar-refractivity contribution in [3.05, 3.63) is 83.9 Å². The van der Waals surface area contributed by atoms with Gasteiger partial charge < -0.3 is 4.74 Å². The summed E-state index contributed by atoms with van der Waals surface area (Å²) in [5.74, 6) is 1.63. The van der Waals surface area contributed by atoms with E-state index in [1.165, 1.54) is 0 Å². The molecular weight excluding hydrogens is 364 g/mol. The molecule has 1 aromatic heterocycles. The summed E-state index contributed by atoms with van der Waals surface area (Å²) >= 11 is 7.59. The molecule has 4 aromatic rings. The van der Waals surface area contributed by atoms with E-state index >= 15 is 0 Å². The number of hydrogen-bond acceptors (Lipinski definition) is 3. The lowest BCUT2D eigenvalue weighted by molar-refractivity contribution is 0.344. The number of rotatable bonds is 6. The molecule has 3 aromatic carbocycles. The maximum Gasteiger partial charge on any atom is 0.173 e. The average molecular weight is 381 g/mol. The van der Waals surface area contributed by atoms with E-state index in [1.807, 2.05) is 60.7 Å². The summed E-state index contributed by atoms with van der Waals surface area (Å²) in [6.45, 7) is 0.601. The summed E-state index contributed by atoms with van der Waals surface area (Å²) in [4.78, 5) is 4.80. The number of nitrogens with zero attached hydrogens (tertiary/aromatic N) is 2. The molecule has 26 heavy (non-hydrogen) atoms. The number of hydrogen-bond donors (Lipinski definition) is 0. The van der Waals surface area contributed by atoms with Crippen molar-refractivity contribution < 1.29 is 4.74 Å². The number of ether oxygens (including phenoxy) is 1. The summed E-state index contributed by atoms with van der Waals surface area (Å²) in [6.07, 6.45) is 0. The van der Waals surface area contributed by atoms with Gasteiger partial charge in [-0.3, -0.25) is 4.57 Å². The van der Waals surface area contributed by atoms with Crippen LogP contribution >= 0.6 is 23.4 Å². The smallest absolute Gasteiger partial charge is 0.173 e. The first-order valence-electron chi connectivity index (χ1n) is 8.35. The molecule has 0 fully saturated rings. The Labute approximate surface area is 161 Å². The third-order valence-electron chi connectivity index (χ3n) is 3.94. The lowest BCUT2D eigenvalue weighted by Gasteiger charge is -2.09. The van der Waals surface area contributed by atoms with Crippen LogP contribution in [-0.4, -0.2) is 21.9 Å². The number of aromatic nitrogens is 2. The van der Waals surface area contributed by atoms with Crippen molar-refractivity contribution in [2.75, 3.05) is 12.4 Å². The summed E-state index contributed by atoms with van der Waals surface area (Å²) in [6, 6.07) is 25.9. The molecule has 4 rings (SSSR count). The normalized spacial score (nSPS) is 11.0. The Kier molecular flexibility index (Phi) is 5.14. The van der Waals surface area contributed by atoms with Gasteiger partial charge in [0.15, 0.2) is 5.16 Å². The van der Waals surface area contributed by atoms with E-state index in [0.717, 1.165) is 33.4 Å². The predicted molar refractivity (Wildman–Crippen MR) is 109 cm³/mol. The number of benzene rings is 3. The Morgan fingerprint density at radius 1 is 0.885 bits per heavy atom. The molecule has 5 heteroatoms. The van der Waals surface area contributed by atoms with E-state index in [-0.39, 0.29) is 0 Å². The molecule has 0 aliphatic carbocycles. The first kappa shape index (κ1) is 17.0. The third kappa shape index (κ3) is 3.71. The van der Waals surface area contributed by atoms with E-state index in [4.69, 9.17) is 21.3 Å². The SMILES string of the molecule is Clc1ccc(OCCSc2nc3ccccc3n2-c2ccccc2)cc1. The standard InChI is InChI=1S/C21H17ClN2OS/c22-16-10-12-18(13-11-16)25-14-15-26-21-23-19-8-4-5-9-20(19)24(21)17-6-2-1-3-7-17/h1-13H,14-15H2. The average Bonchev–Trinajstić information content (AvgIpc) is 3.05. The molecule has 0 saturated carbocycles. The molecule has 0 spiro atoms. The van der Waals surface area contributed by atoms with Gasteiger partial charge in [-0.05, 0) is 48.5 Å². The number of para-hydroxylation sites is 3. The second-order valence-electron chi connectivity index (χ2n) is 5.70. The number of imidazole rings is 1. The van der Waals surface area contributed by atoms with Gasteiger partial charge in [-0.1, -0.05) is 53.7 Å². The zero-order valence-corrected chi connectivity index (χ0v) is 15.6. The van der Waals surface area contributed by atoms with Gasteiger partial charge in [-0.2, -0.15) is 0 Å². The molecule has 0 aliphatic heterocycles. The molecule has 0 bridgehead atoms. The van der Waals surface area contributed by atoms with Crippen LogP contribution < -0.4 is 4.74 Å². The maximum absolute atomic E-state index is 5.90. The molecule has 0 amide bonds. The number of fused-ring (bicyclic) bond motifs is 1. The van der Waals surface area contributed by atoms with E-state index < -0.39 is 0 Å². The first-order valence-corrected chi connectivity index (χ1v) is 9.72.